The third-order valence-corrected chi connectivity index (χ3v) is 5.05. The van der Waals surface area contributed by atoms with Crippen molar-refractivity contribution in [3.05, 3.63) is 16.2 Å². The first-order valence-corrected chi connectivity index (χ1v) is 8.69. The van der Waals surface area contributed by atoms with Crippen LogP contribution < -0.4 is 9.80 Å². The van der Waals surface area contributed by atoms with Crippen LogP contribution in [0.2, 0.25) is 0 Å². The molecule has 2 aliphatic rings. The van der Waals surface area contributed by atoms with Crippen LogP contribution in [0.15, 0.2) is 10.7 Å². The highest BCUT2D eigenvalue weighted by Crippen LogP contribution is 2.41. The Morgan fingerprint density at radius 1 is 0.875 bits per heavy atom. The highest BCUT2D eigenvalue weighted by Gasteiger charge is 2.31. The van der Waals surface area contributed by atoms with Gasteiger partial charge in [-0.25, -0.2) is 4.63 Å². The maximum absolute atomic E-state index is 11.7. The molecular weight excluding hydrogens is 310 g/mol. The van der Waals surface area contributed by atoms with E-state index in [9.17, 15) is 10.1 Å². The van der Waals surface area contributed by atoms with Crippen molar-refractivity contribution in [2.24, 2.45) is 0 Å². The van der Waals surface area contributed by atoms with Gasteiger partial charge in [-0.3, -0.25) is 10.1 Å². The van der Waals surface area contributed by atoms with Gasteiger partial charge >= 0.3 is 5.69 Å². The van der Waals surface area contributed by atoms with Crippen molar-refractivity contribution in [2.45, 2.75) is 38.5 Å². The van der Waals surface area contributed by atoms with Gasteiger partial charge in [0.1, 0.15) is 5.69 Å². The highest BCUT2D eigenvalue weighted by atomic mass is 16.6. The highest BCUT2D eigenvalue weighted by molar-refractivity contribution is 6.00. The van der Waals surface area contributed by atoms with E-state index in [-0.39, 0.29) is 16.1 Å². The molecule has 0 N–H and O–H groups in total. The van der Waals surface area contributed by atoms with E-state index in [1.807, 2.05) is 6.07 Å². The number of fused-ring (bicyclic) bond motifs is 1. The summed E-state index contributed by atoms with van der Waals surface area (Å²) in [5, 5.41) is 19.6. The Labute approximate surface area is 139 Å². The molecule has 0 bridgehead atoms. The van der Waals surface area contributed by atoms with Crippen LogP contribution >= 0.6 is 0 Å². The summed E-state index contributed by atoms with van der Waals surface area (Å²) in [6.07, 6.45) is 6.78. The fraction of sp³-hybridized carbons (Fsp3) is 0.625. The molecule has 0 amide bonds. The van der Waals surface area contributed by atoms with Crippen molar-refractivity contribution in [1.82, 2.24) is 10.3 Å². The molecule has 8 heteroatoms. The molecule has 24 heavy (non-hydrogen) atoms. The zero-order chi connectivity index (χ0) is 16.5. The molecule has 1 aromatic heterocycles. The number of anilines is 2. The summed E-state index contributed by atoms with van der Waals surface area (Å²) in [4.78, 5) is 15.7. The number of hydrogen-bond donors (Lipinski definition) is 0. The number of aromatic nitrogens is 2. The average Bonchev–Trinajstić information content (AvgIpc) is 3.11. The van der Waals surface area contributed by atoms with Gasteiger partial charge in [0.2, 0.25) is 5.52 Å². The quantitative estimate of drug-likeness (QED) is 0.630. The van der Waals surface area contributed by atoms with Gasteiger partial charge in [-0.2, -0.15) is 0 Å². The van der Waals surface area contributed by atoms with E-state index < -0.39 is 0 Å². The topological polar surface area (TPSA) is 88.5 Å². The second-order valence-electron chi connectivity index (χ2n) is 6.58. The Hall–Kier alpha value is -2.38. The molecule has 4 rings (SSSR count). The fourth-order valence-electron chi connectivity index (χ4n) is 3.83. The van der Waals surface area contributed by atoms with Crippen LogP contribution in [0.1, 0.15) is 38.5 Å². The minimum atomic E-state index is -0.351. The second-order valence-corrected chi connectivity index (χ2v) is 6.58. The number of nitro benzene ring substituents is 1. The summed E-state index contributed by atoms with van der Waals surface area (Å²) in [6, 6.07) is 1.93. The predicted octanol–water partition coefficient (Wildman–Crippen LogP) is 3.11. The summed E-state index contributed by atoms with van der Waals surface area (Å²) in [5.74, 6) is 0. The summed E-state index contributed by atoms with van der Waals surface area (Å²) in [6.45, 7) is 3.58. The second kappa shape index (κ2) is 6.26. The average molecular weight is 331 g/mol. The van der Waals surface area contributed by atoms with E-state index in [0.29, 0.717) is 11.2 Å². The Balaban J connectivity index is 1.88. The van der Waals surface area contributed by atoms with E-state index in [1.165, 1.54) is 12.8 Å². The molecule has 3 heterocycles. The molecule has 0 spiro atoms. The first-order valence-electron chi connectivity index (χ1n) is 8.69. The third kappa shape index (κ3) is 2.55. The van der Waals surface area contributed by atoms with Crippen molar-refractivity contribution in [3.63, 3.8) is 0 Å². The lowest BCUT2D eigenvalue weighted by molar-refractivity contribution is -0.382. The smallest absolute Gasteiger partial charge is 0.323 e. The molecule has 1 aromatic carbocycles. The minimum Gasteiger partial charge on any atom is -0.370 e. The van der Waals surface area contributed by atoms with Crippen molar-refractivity contribution < 1.29 is 9.55 Å². The van der Waals surface area contributed by atoms with Gasteiger partial charge in [0, 0.05) is 26.2 Å². The molecular formula is C16H21N5O3. The lowest BCUT2D eigenvalue weighted by Gasteiger charge is -2.32. The first-order chi connectivity index (χ1) is 11.8. The molecule has 128 valence electrons. The van der Waals surface area contributed by atoms with Crippen LogP contribution in [0, 0.1) is 10.1 Å². The molecule has 2 aliphatic heterocycles. The van der Waals surface area contributed by atoms with Crippen LogP contribution in [0.4, 0.5) is 17.1 Å². The van der Waals surface area contributed by atoms with Crippen LogP contribution in [0.3, 0.4) is 0 Å². The maximum atomic E-state index is 11.7. The zero-order valence-electron chi connectivity index (χ0n) is 13.6. The number of benzene rings is 1. The lowest BCUT2D eigenvalue weighted by Crippen LogP contribution is -2.32. The molecule has 0 radical (unpaired) electrons. The SMILES string of the molecule is O=[N+]([O-])c1c(N2CCCCC2)cc(N2CCCCC2)c2nonc12. The van der Waals surface area contributed by atoms with Gasteiger partial charge in [-0.1, -0.05) is 0 Å². The molecule has 0 saturated carbocycles. The van der Waals surface area contributed by atoms with Crippen molar-refractivity contribution in [1.29, 1.82) is 0 Å². The van der Waals surface area contributed by atoms with E-state index in [4.69, 9.17) is 4.63 Å². The zero-order valence-corrected chi connectivity index (χ0v) is 13.6. The van der Waals surface area contributed by atoms with Crippen LogP contribution in [0.5, 0.6) is 0 Å². The van der Waals surface area contributed by atoms with Crippen LogP contribution in [-0.4, -0.2) is 41.4 Å². The third-order valence-electron chi connectivity index (χ3n) is 5.05. The maximum Gasteiger partial charge on any atom is 0.323 e. The summed E-state index contributed by atoms with van der Waals surface area (Å²) >= 11 is 0. The first kappa shape index (κ1) is 15.2. The van der Waals surface area contributed by atoms with E-state index in [0.717, 1.165) is 57.5 Å². The summed E-state index contributed by atoms with van der Waals surface area (Å²) in [5.41, 5.74) is 2.36. The molecule has 8 nitrogen and oxygen atoms in total. The number of nitro groups is 1. The predicted molar refractivity (Wildman–Crippen MR) is 90.6 cm³/mol. The normalized spacial score (nSPS) is 19.0. The molecule has 0 atom stereocenters. The molecule has 2 aromatic rings. The van der Waals surface area contributed by atoms with Gasteiger partial charge in [0.05, 0.1) is 10.6 Å². The standard InChI is InChI=1S/C16H21N5O3/c22-21(23)16-13(20-9-5-2-6-10-20)11-12(14-15(16)18-24-17-14)19-7-3-1-4-8-19/h11H,1-10H2. The molecule has 0 aliphatic carbocycles. The van der Waals surface area contributed by atoms with Crippen LogP contribution in [0.25, 0.3) is 11.0 Å². The van der Waals surface area contributed by atoms with Gasteiger partial charge in [-0.15, -0.1) is 0 Å². The Bertz CT molecular complexity index is 747. The largest absolute Gasteiger partial charge is 0.370 e. The Kier molecular flexibility index (Phi) is 3.95. The van der Waals surface area contributed by atoms with Gasteiger partial charge in [0.25, 0.3) is 0 Å². The van der Waals surface area contributed by atoms with Crippen molar-refractivity contribution in [2.75, 3.05) is 36.0 Å². The van der Waals surface area contributed by atoms with E-state index in [1.54, 1.807) is 0 Å². The minimum absolute atomic E-state index is 0.0221. The molecule has 2 saturated heterocycles. The number of piperidine rings is 2. The Morgan fingerprint density at radius 2 is 1.42 bits per heavy atom. The number of rotatable bonds is 3. The van der Waals surface area contributed by atoms with Crippen molar-refractivity contribution >= 4 is 28.1 Å². The van der Waals surface area contributed by atoms with Crippen LogP contribution in [-0.2, 0) is 0 Å². The molecule has 2 fully saturated rings. The van der Waals surface area contributed by atoms with Gasteiger partial charge in [0.15, 0.2) is 5.52 Å². The summed E-state index contributed by atoms with van der Waals surface area (Å²) in [7, 11) is 0. The number of nitrogens with zero attached hydrogens (tertiary/aromatic N) is 5. The van der Waals surface area contributed by atoms with Crippen molar-refractivity contribution in [3.8, 4) is 0 Å². The van der Waals surface area contributed by atoms with E-state index >= 15 is 0 Å². The van der Waals surface area contributed by atoms with Gasteiger partial charge < -0.3 is 9.80 Å². The monoisotopic (exact) mass is 331 g/mol. The Morgan fingerprint density at radius 3 is 2.00 bits per heavy atom. The van der Waals surface area contributed by atoms with E-state index in [2.05, 4.69) is 20.1 Å². The number of hydrogen-bond acceptors (Lipinski definition) is 7. The summed E-state index contributed by atoms with van der Waals surface area (Å²) < 4.78 is 4.88. The molecule has 0 unspecified atom stereocenters. The fourth-order valence-corrected chi connectivity index (χ4v) is 3.83. The van der Waals surface area contributed by atoms with Gasteiger partial charge in [-0.05, 0) is 54.9 Å². The lowest BCUT2D eigenvalue weighted by atomic mass is 10.1.